The van der Waals surface area contributed by atoms with Crippen LogP contribution in [0.25, 0.3) is 5.69 Å². The van der Waals surface area contributed by atoms with E-state index in [1.165, 1.54) is 0 Å². The van der Waals surface area contributed by atoms with Crippen molar-refractivity contribution in [3.8, 4) is 5.69 Å². The number of benzene rings is 1. The van der Waals surface area contributed by atoms with Crippen molar-refractivity contribution in [2.75, 3.05) is 5.73 Å². The van der Waals surface area contributed by atoms with Crippen LogP contribution in [0.3, 0.4) is 0 Å². The summed E-state index contributed by atoms with van der Waals surface area (Å²) in [5.74, 6) is 1.08. The van der Waals surface area contributed by atoms with Crippen LogP contribution in [0.2, 0.25) is 0 Å². The molecule has 0 saturated carbocycles. The smallest absolute Gasteiger partial charge is 0.223 e. The molecule has 0 saturated heterocycles. The van der Waals surface area contributed by atoms with Crippen molar-refractivity contribution in [2.24, 2.45) is 0 Å². The van der Waals surface area contributed by atoms with Gasteiger partial charge in [0.1, 0.15) is 5.82 Å². The average molecular weight is 253 g/mol. The van der Waals surface area contributed by atoms with Crippen LogP contribution in [-0.4, -0.2) is 14.8 Å². The van der Waals surface area contributed by atoms with E-state index in [1.807, 2.05) is 31.2 Å². The number of nitrogens with zero attached hydrogens (tertiary/aromatic N) is 3. The van der Waals surface area contributed by atoms with Gasteiger partial charge >= 0.3 is 0 Å². The number of rotatable bonds is 1. The van der Waals surface area contributed by atoms with Crippen molar-refractivity contribution in [2.45, 2.75) is 6.92 Å². The highest BCUT2D eigenvalue weighted by Crippen LogP contribution is 2.15. The molecule has 2 N–H and O–H groups in total. The number of aryl methyl sites for hydroxylation is 1. The third-order valence-corrected chi connectivity index (χ3v) is 2.34. The summed E-state index contributed by atoms with van der Waals surface area (Å²) < 4.78 is 2.64. The first-order valence-electron chi connectivity index (χ1n) is 4.12. The molecule has 0 radical (unpaired) electrons. The van der Waals surface area contributed by atoms with Crippen molar-refractivity contribution in [1.82, 2.24) is 14.8 Å². The lowest BCUT2D eigenvalue weighted by atomic mass is 10.3. The third kappa shape index (κ3) is 1.63. The second-order valence-corrected chi connectivity index (χ2v) is 3.82. The minimum atomic E-state index is 0.407. The van der Waals surface area contributed by atoms with Crippen molar-refractivity contribution in [3.63, 3.8) is 0 Å². The van der Waals surface area contributed by atoms with E-state index in [-0.39, 0.29) is 0 Å². The van der Waals surface area contributed by atoms with E-state index >= 15 is 0 Å². The second kappa shape index (κ2) is 3.42. The van der Waals surface area contributed by atoms with E-state index in [9.17, 15) is 0 Å². The summed E-state index contributed by atoms with van der Waals surface area (Å²) in [5, 5.41) is 4.18. The van der Waals surface area contributed by atoms with Gasteiger partial charge in [-0.05, 0) is 31.2 Å². The molecular weight excluding hydrogens is 244 g/mol. The van der Waals surface area contributed by atoms with Gasteiger partial charge in [-0.1, -0.05) is 15.9 Å². The minimum Gasteiger partial charge on any atom is -0.368 e. The van der Waals surface area contributed by atoms with Crippen molar-refractivity contribution < 1.29 is 0 Å². The molecule has 0 aliphatic rings. The molecule has 0 fully saturated rings. The lowest BCUT2D eigenvalue weighted by molar-refractivity contribution is 0.871. The Bertz CT molecular complexity index is 446. The Morgan fingerprint density at radius 1 is 1.29 bits per heavy atom. The van der Waals surface area contributed by atoms with E-state index < -0.39 is 0 Å². The maximum absolute atomic E-state index is 5.69. The lowest BCUT2D eigenvalue weighted by Gasteiger charge is -2.01. The summed E-state index contributed by atoms with van der Waals surface area (Å²) in [6.45, 7) is 1.81. The summed E-state index contributed by atoms with van der Waals surface area (Å²) in [7, 11) is 0. The van der Waals surface area contributed by atoms with Crippen molar-refractivity contribution in [1.29, 1.82) is 0 Å². The molecule has 72 valence electrons. The highest BCUT2D eigenvalue weighted by molar-refractivity contribution is 9.10. The monoisotopic (exact) mass is 252 g/mol. The summed E-state index contributed by atoms with van der Waals surface area (Å²) >= 11 is 3.37. The van der Waals surface area contributed by atoms with E-state index in [2.05, 4.69) is 26.0 Å². The predicted molar refractivity (Wildman–Crippen MR) is 58.2 cm³/mol. The van der Waals surface area contributed by atoms with Crippen LogP contribution in [0.15, 0.2) is 28.7 Å². The number of aromatic nitrogens is 3. The van der Waals surface area contributed by atoms with Gasteiger partial charge in [0.05, 0.1) is 5.69 Å². The van der Waals surface area contributed by atoms with Crippen molar-refractivity contribution in [3.05, 3.63) is 34.6 Å². The Labute approximate surface area is 89.9 Å². The molecule has 0 bridgehead atoms. The van der Waals surface area contributed by atoms with Crippen LogP contribution in [-0.2, 0) is 0 Å². The first kappa shape index (κ1) is 9.21. The molecule has 0 aliphatic heterocycles. The SMILES string of the molecule is Cc1nc(N)n(-c2ccc(Br)cc2)n1. The zero-order valence-electron chi connectivity index (χ0n) is 7.61. The first-order chi connectivity index (χ1) is 6.66. The van der Waals surface area contributed by atoms with E-state index in [4.69, 9.17) is 5.73 Å². The minimum absolute atomic E-state index is 0.407. The molecular formula is C9H9BrN4. The first-order valence-corrected chi connectivity index (χ1v) is 4.91. The quantitative estimate of drug-likeness (QED) is 0.844. The molecule has 1 aromatic heterocycles. The summed E-state index contributed by atoms with van der Waals surface area (Å²) in [4.78, 5) is 4.03. The third-order valence-electron chi connectivity index (χ3n) is 1.81. The van der Waals surface area contributed by atoms with Crippen LogP contribution in [0.4, 0.5) is 5.95 Å². The van der Waals surface area contributed by atoms with Gasteiger partial charge in [-0.15, -0.1) is 5.10 Å². The van der Waals surface area contributed by atoms with Gasteiger partial charge in [-0.25, -0.2) is 0 Å². The molecule has 5 heteroatoms. The lowest BCUT2D eigenvalue weighted by Crippen LogP contribution is -2.01. The predicted octanol–water partition coefficient (Wildman–Crippen LogP) is 1.92. The summed E-state index contributed by atoms with van der Waals surface area (Å²) in [6, 6.07) is 7.72. The van der Waals surface area contributed by atoms with Gasteiger partial charge in [-0.2, -0.15) is 9.67 Å². The number of halogens is 1. The number of anilines is 1. The van der Waals surface area contributed by atoms with Gasteiger partial charge in [0.25, 0.3) is 0 Å². The highest BCUT2D eigenvalue weighted by atomic mass is 79.9. The molecule has 0 spiro atoms. The zero-order valence-corrected chi connectivity index (χ0v) is 9.19. The van der Waals surface area contributed by atoms with E-state index in [0.717, 1.165) is 10.2 Å². The summed E-state index contributed by atoms with van der Waals surface area (Å²) in [6.07, 6.45) is 0. The molecule has 2 rings (SSSR count). The number of nitrogen functional groups attached to an aromatic ring is 1. The second-order valence-electron chi connectivity index (χ2n) is 2.91. The number of hydrogen-bond acceptors (Lipinski definition) is 3. The van der Waals surface area contributed by atoms with Gasteiger partial charge < -0.3 is 5.73 Å². The van der Waals surface area contributed by atoms with Gasteiger partial charge in [0, 0.05) is 4.47 Å². The molecule has 0 amide bonds. The topological polar surface area (TPSA) is 56.7 Å². The van der Waals surface area contributed by atoms with Crippen LogP contribution in [0.1, 0.15) is 5.82 Å². The molecule has 0 aliphatic carbocycles. The fourth-order valence-corrected chi connectivity index (χ4v) is 1.47. The largest absolute Gasteiger partial charge is 0.368 e. The number of hydrogen-bond donors (Lipinski definition) is 1. The molecule has 2 aromatic rings. The molecule has 14 heavy (non-hydrogen) atoms. The normalized spacial score (nSPS) is 10.4. The van der Waals surface area contributed by atoms with Gasteiger partial charge in [0.15, 0.2) is 0 Å². The zero-order chi connectivity index (χ0) is 10.1. The Hall–Kier alpha value is -1.36. The fraction of sp³-hybridized carbons (Fsp3) is 0.111. The molecule has 1 aromatic carbocycles. The highest BCUT2D eigenvalue weighted by Gasteiger charge is 2.04. The number of nitrogens with two attached hydrogens (primary N) is 1. The molecule has 1 heterocycles. The Morgan fingerprint density at radius 2 is 1.93 bits per heavy atom. The molecule has 0 atom stereocenters. The fourth-order valence-electron chi connectivity index (χ4n) is 1.20. The molecule has 4 nitrogen and oxygen atoms in total. The standard InChI is InChI=1S/C9H9BrN4/c1-6-12-9(11)14(13-6)8-4-2-7(10)3-5-8/h2-5H,1H3,(H2,11,12,13). The van der Waals surface area contributed by atoms with Gasteiger partial charge in [0.2, 0.25) is 5.95 Å². The average Bonchev–Trinajstić information content (AvgIpc) is 2.47. The van der Waals surface area contributed by atoms with Crippen LogP contribution in [0.5, 0.6) is 0 Å². The summed E-state index contributed by atoms with van der Waals surface area (Å²) in [5.41, 5.74) is 6.60. The maximum atomic E-state index is 5.69. The van der Waals surface area contributed by atoms with Crippen LogP contribution in [0, 0.1) is 6.92 Å². The Balaban J connectivity index is 2.49. The van der Waals surface area contributed by atoms with Crippen LogP contribution < -0.4 is 5.73 Å². The Kier molecular flexibility index (Phi) is 2.25. The Morgan fingerprint density at radius 3 is 2.43 bits per heavy atom. The molecule has 0 unspecified atom stereocenters. The maximum Gasteiger partial charge on any atom is 0.223 e. The van der Waals surface area contributed by atoms with Crippen LogP contribution >= 0.6 is 15.9 Å². The van der Waals surface area contributed by atoms with E-state index in [1.54, 1.807) is 4.68 Å². The van der Waals surface area contributed by atoms with Gasteiger partial charge in [-0.3, -0.25) is 0 Å². The van der Waals surface area contributed by atoms with E-state index in [0.29, 0.717) is 11.8 Å². The van der Waals surface area contributed by atoms with Crippen molar-refractivity contribution >= 4 is 21.9 Å².